The maximum Gasteiger partial charge on any atom is 0.421 e. The van der Waals surface area contributed by atoms with Crippen LogP contribution in [0.5, 0.6) is 0 Å². The second kappa shape index (κ2) is 8.78. The standard InChI is InChI=1S/C20H23F3N6O3S/c1-33(31,32)18(12-5-3-7-24-9-12)28-17-13(20(21,22)23)10-25-19(29-17)26-14-6-2-4-11-8-15(30)27-16(11)14/h2,4,6,10,12,18,24H,3,5,7-9H2,1H3,(H,27,30)(H2,25,26,28,29)/t12?,18-/m0/s1. The lowest BCUT2D eigenvalue weighted by Crippen LogP contribution is -2.44. The van der Waals surface area contributed by atoms with Gasteiger partial charge in [0.2, 0.25) is 11.9 Å². The average Bonchev–Trinajstić information content (AvgIpc) is 3.12. The molecule has 0 saturated carbocycles. The smallest absolute Gasteiger partial charge is 0.353 e. The summed E-state index contributed by atoms with van der Waals surface area (Å²) in [6, 6.07) is 5.08. The lowest BCUT2D eigenvalue weighted by atomic mass is 9.99. The highest BCUT2D eigenvalue weighted by Gasteiger charge is 2.38. The minimum atomic E-state index is -4.80. The third kappa shape index (κ3) is 5.19. The van der Waals surface area contributed by atoms with Crippen molar-refractivity contribution in [3.05, 3.63) is 35.5 Å². The molecule has 0 aliphatic carbocycles. The highest BCUT2D eigenvalue weighted by atomic mass is 32.2. The first-order chi connectivity index (χ1) is 15.5. The van der Waals surface area contributed by atoms with Crippen molar-refractivity contribution < 1.29 is 26.4 Å². The maximum absolute atomic E-state index is 13.7. The number of piperidine rings is 1. The minimum Gasteiger partial charge on any atom is -0.353 e. The van der Waals surface area contributed by atoms with E-state index in [4.69, 9.17) is 0 Å². The van der Waals surface area contributed by atoms with Gasteiger partial charge in [-0.25, -0.2) is 13.4 Å². The quantitative estimate of drug-likeness (QED) is 0.493. The molecule has 1 fully saturated rings. The Hall–Kier alpha value is -2.93. The van der Waals surface area contributed by atoms with Gasteiger partial charge < -0.3 is 21.3 Å². The molecule has 1 amide bonds. The molecule has 4 N–H and O–H groups in total. The number of nitrogens with one attached hydrogen (secondary N) is 4. The molecule has 9 nitrogen and oxygen atoms in total. The van der Waals surface area contributed by atoms with Gasteiger partial charge in [0.25, 0.3) is 0 Å². The highest BCUT2D eigenvalue weighted by molar-refractivity contribution is 7.91. The van der Waals surface area contributed by atoms with Crippen molar-refractivity contribution in [3.63, 3.8) is 0 Å². The first kappa shape index (κ1) is 23.2. The number of fused-ring (bicyclic) bond motifs is 1. The summed E-state index contributed by atoms with van der Waals surface area (Å²) in [7, 11) is -3.76. The highest BCUT2D eigenvalue weighted by Crippen LogP contribution is 2.37. The zero-order chi connectivity index (χ0) is 23.8. The van der Waals surface area contributed by atoms with Crippen LogP contribution in [0.25, 0.3) is 0 Å². The van der Waals surface area contributed by atoms with Gasteiger partial charge in [0.05, 0.1) is 17.8 Å². The molecule has 2 aliphatic heterocycles. The number of sulfone groups is 1. The first-order valence-corrected chi connectivity index (χ1v) is 12.3. The molecule has 4 rings (SSSR count). The molecule has 1 unspecified atom stereocenters. The number of benzene rings is 1. The largest absolute Gasteiger partial charge is 0.421 e. The fourth-order valence-electron chi connectivity index (χ4n) is 4.08. The third-order valence-corrected chi connectivity index (χ3v) is 7.04. The van der Waals surface area contributed by atoms with Crippen molar-refractivity contribution in [2.45, 2.75) is 30.8 Å². The van der Waals surface area contributed by atoms with Gasteiger partial charge in [0.1, 0.15) is 16.8 Å². The lowest BCUT2D eigenvalue weighted by Gasteiger charge is -2.31. The van der Waals surface area contributed by atoms with E-state index in [-0.39, 0.29) is 18.3 Å². The van der Waals surface area contributed by atoms with Crippen LogP contribution in [0.3, 0.4) is 0 Å². The summed E-state index contributed by atoms with van der Waals surface area (Å²) in [5, 5.41) is 9.89. The number of carbonyl (C=O) groups is 1. The summed E-state index contributed by atoms with van der Waals surface area (Å²) in [6.45, 7) is 1.08. The number of alkyl halides is 3. The molecule has 1 saturated heterocycles. The molecule has 178 valence electrons. The zero-order valence-electron chi connectivity index (χ0n) is 17.7. The Labute approximate surface area is 188 Å². The summed E-state index contributed by atoms with van der Waals surface area (Å²) in [5.74, 6) is -1.42. The summed E-state index contributed by atoms with van der Waals surface area (Å²) in [6.07, 6.45) is -1.75. The van der Waals surface area contributed by atoms with E-state index in [0.717, 1.165) is 18.4 Å². The number of carbonyl (C=O) groups excluding carboxylic acids is 1. The van der Waals surface area contributed by atoms with Crippen molar-refractivity contribution >= 4 is 38.9 Å². The van der Waals surface area contributed by atoms with E-state index in [2.05, 4.69) is 31.2 Å². The Kier molecular flexibility index (Phi) is 6.18. The molecular formula is C20H23F3N6O3S. The molecule has 1 aromatic heterocycles. The SMILES string of the molecule is CS(=O)(=O)[C@H](Nc1nc(Nc2cccc3c2NC(=O)C3)ncc1C(F)(F)F)C1CCCNC1. The van der Waals surface area contributed by atoms with E-state index in [1.807, 2.05) is 0 Å². The molecule has 13 heteroatoms. The number of rotatable bonds is 6. The van der Waals surface area contributed by atoms with Gasteiger partial charge in [-0.2, -0.15) is 18.2 Å². The van der Waals surface area contributed by atoms with Crippen LogP contribution >= 0.6 is 0 Å². The van der Waals surface area contributed by atoms with Crippen LogP contribution in [-0.4, -0.2) is 49.0 Å². The van der Waals surface area contributed by atoms with Crippen molar-refractivity contribution in [2.24, 2.45) is 5.92 Å². The summed E-state index contributed by atoms with van der Waals surface area (Å²) < 4.78 is 65.9. The molecule has 0 spiro atoms. The second-order valence-corrected chi connectivity index (χ2v) is 10.3. The molecule has 0 bridgehead atoms. The number of para-hydroxylation sites is 1. The van der Waals surface area contributed by atoms with Crippen molar-refractivity contribution in [2.75, 3.05) is 35.3 Å². The minimum absolute atomic E-state index is 0.172. The van der Waals surface area contributed by atoms with Crippen molar-refractivity contribution in [1.29, 1.82) is 0 Å². The van der Waals surface area contributed by atoms with Crippen LogP contribution in [-0.2, 0) is 27.2 Å². The van der Waals surface area contributed by atoms with E-state index in [9.17, 15) is 26.4 Å². The van der Waals surface area contributed by atoms with E-state index in [1.54, 1.807) is 18.2 Å². The Morgan fingerprint density at radius 2 is 2.06 bits per heavy atom. The van der Waals surface area contributed by atoms with Crippen molar-refractivity contribution in [1.82, 2.24) is 15.3 Å². The summed E-state index contributed by atoms with van der Waals surface area (Å²) in [5.41, 5.74) is 0.484. The van der Waals surface area contributed by atoms with Crippen LogP contribution in [0.15, 0.2) is 24.4 Å². The third-order valence-electron chi connectivity index (χ3n) is 5.61. The Morgan fingerprint density at radius 1 is 1.27 bits per heavy atom. The molecule has 33 heavy (non-hydrogen) atoms. The van der Waals surface area contributed by atoms with Crippen molar-refractivity contribution in [3.8, 4) is 0 Å². The molecule has 3 heterocycles. The van der Waals surface area contributed by atoms with E-state index in [1.165, 1.54) is 0 Å². The van der Waals surface area contributed by atoms with Crippen LogP contribution in [0, 0.1) is 5.92 Å². The number of aromatic nitrogens is 2. The van der Waals surface area contributed by atoms with Gasteiger partial charge in [-0.05, 0) is 31.0 Å². The summed E-state index contributed by atoms with van der Waals surface area (Å²) in [4.78, 5) is 19.5. The molecule has 2 atom stereocenters. The van der Waals surface area contributed by atoms with E-state index < -0.39 is 38.7 Å². The number of nitrogens with zero attached hydrogens (tertiary/aromatic N) is 2. The number of anilines is 4. The predicted octanol–water partition coefficient (Wildman–Crippen LogP) is 2.52. The molecule has 2 aromatic rings. The average molecular weight is 485 g/mol. The fraction of sp³-hybridized carbons (Fsp3) is 0.450. The number of hydrogen-bond donors (Lipinski definition) is 4. The number of amides is 1. The zero-order valence-corrected chi connectivity index (χ0v) is 18.5. The Balaban J connectivity index is 1.69. The van der Waals surface area contributed by atoms with Gasteiger partial charge in [-0.3, -0.25) is 4.79 Å². The molecule has 1 aromatic carbocycles. The Morgan fingerprint density at radius 3 is 2.73 bits per heavy atom. The molecule has 2 aliphatic rings. The van der Waals surface area contributed by atoms with E-state index in [0.29, 0.717) is 37.0 Å². The first-order valence-electron chi connectivity index (χ1n) is 10.3. The number of halogens is 3. The van der Waals surface area contributed by atoms with E-state index >= 15 is 0 Å². The van der Waals surface area contributed by atoms with Gasteiger partial charge in [-0.15, -0.1) is 0 Å². The van der Waals surface area contributed by atoms with Gasteiger partial charge in [0.15, 0.2) is 9.84 Å². The summed E-state index contributed by atoms with van der Waals surface area (Å²) >= 11 is 0. The Bertz CT molecular complexity index is 1170. The monoisotopic (exact) mass is 484 g/mol. The van der Waals surface area contributed by atoms with Gasteiger partial charge in [0, 0.05) is 24.9 Å². The predicted molar refractivity (Wildman–Crippen MR) is 117 cm³/mol. The van der Waals surface area contributed by atoms with Crippen LogP contribution < -0.4 is 21.3 Å². The molecular weight excluding hydrogens is 461 g/mol. The van der Waals surface area contributed by atoms with Gasteiger partial charge >= 0.3 is 6.18 Å². The molecule has 0 radical (unpaired) electrons. The lowest BCUT2D eigenvalue weighted by molar-refractivity contribution is -0.137. The second-order valence-electron chi connectivity index (χ2n) is 8.14. The number of hydrogen-bond acceptors (Lipinski definition) is 8. The fourth-order valence-corrected chi connectivity index (χ4v) is 5.34. The van der Waals surface area contributed by atoms with Crippen LogP contribution in [0.2, 0.25) is 0 Å². The van der Waals surface area contributed by atoms with Crippen LogP contribution in [0.4, 0.5) is 36.3 Å². The normalized spacial score (nSPS) is 19.5. The topological polar surface area (TPSA) is 125 Å². The van der Waals surface area contributed by atoms with Crippen LogP contribution in [0.1, 0.15) is 24.0 Å². The maximum atomic E-state index is 13.7. The van der Waals surface area contributed by atoms with Gasteiger partial charge in [-0.1, -0.05) is 12.1 Å².